The largest absolute Gasteiger partial charge is 0.294 e. The van der Waals surface area contributed by atoms with Crippen LogP contribution >= 0.6 is 0 Å². The zero-order chi connectivity index (χ0) is 42.8. The van der Waals surface area contributed by atoms with Crippen LogP contribution in [0.3, 0.4) is 0 Å². The molecule has 1 N–H and O–H groups in total. The summed E-state index contributed by atoms with van der Waals surface area (Å²) in [4.78, 5) is 58.7. The molecule has 0 saturated carbocycles. The third kappa shape index (κ3) is 4.56. The predicted molar refractivity (Wildman–Crippen MR) is 245 cm³/mol. The van der Waals surface area contributed by atoms with Gasteiger partial charge in [0.1, 0.15) is 5.92 Å². The van der Waals surface area contributed by atoms with Gasteiger partial charge < -0.3 is 0 Å². The Bertz CT molecular complexity index is 3670. The Morgan fingerprint density at radius 3 is 1.16 bits per heavy atom. The summed E-state index contributed by atoms with van der Waals surface area (Å²) in [5.41, 5.74) is 4.91. The normalized spacial score (nSPS) is 15.0. The molecule has 12 rings (SSSR count). The number of Topliss-reactive ketones (excluding diaryl/α,β-unsaturated/α-hetero) is 2. The zero-order valence-electron chi connectivity index (χ0n) is 34.0. The van der Waals surface area contributed by atoms with E-state index in [1.54, 1.807) is 12.1 Å². The number of hydrogen-bond acceptors (Lipinski definition) is 6. The molecule has 1 aliphatic heterocycles. The number of carbonyl (C=O) groups is 4. The van der Waals surface area contributed by atoms with Gasteiger partial charge in [0.15, 0.2) is 11.6 Å². The molecule has 1 aliphatic carbocycles. The molecule has 10 aromatic rings. The van der Waals surface area contributed by atoms with Gasteiger partial charge in [-0.1, -0.05) is 107 Å². The van der Waals surface area contributed by atoms with Crippen LogP contribution in [0.15, 0.2) is 120 Å². The van der Waals surface area contributed by atoms with Gasteiger partial charge in [0.05, 0.1) is 10.6 Å². The molecular formula is C53H35NO7S. The first kappa shape index (κ1) is 36.8. The van der Waals surface area contributed by atoms with Crippen molar-refractivity contribution < 1.29 is 32.1 Å². The van der Waals surface area contributed by atoms with Crippen molar-refractivity contribution in [2.45, 2.75) is 50.3 Å². The zero-order valence-corrected chi connectivity index (χ0v) is 34.8. The first-order chi connectivity index (χ1) is 29.8. The highest BCUT2D eigenvalue weighted by molar-refractivity contribution is 7.85. The van der Waals surface area contributed by atoms with Crippen molar-refractivity contribution in [1.82, 2.24) is 0 Å². The third-order valence-electron chi connectivity index (χ3n) is 13.7. The van der Waals surface area contributed by atoms with E-state index in [0.717, 1.165) is 98.4 Å². The fraction of sp³-hybridized carbons (Fsp3) is 0.132. The molecule has 0 spiro atoms. The highest BCUT2D eigenvalue weighted by Crippen LogP contribution is 2.51. The van der Waals surface area contributed by atoms with Gasteiger partial charge in [-0.05, 0) is 130 Å². The van der Waals surface area contributed by atoms with Gasteiger partial charge in [0, 0.05) is 33.0 Å². The van der Waals surface area contributed by atoms with E-state index in [0.29, 0.717) is 33.0 Å². The minimum absolute atomic E-state index is 0.128. The number of rotatable bonds is 5. The summed E-state index contributed by atoms with van der Waals surface area (Å²) >= 11 is 0. The van der Waals surface area contributed by atoms with E-state index in [-0.39, 0.29) is 34.0 Å². The molecule has 1 heterocycles. The molecule has 0 bridgehead atoms. The van der Waals surface area contributed by atoms with Crippen LogP contribution in [0.1, 0.15) is 104 Å². The molecule has 62 heavy (non-hydrogen) atoms. The Morgan fingerprint density at radius 1 is 0.452 bits per heavy atom. The van der Waals surface area contributed by atoms with Gasteiger partial charge in [0.25, 0.3) is 21.9 Å². The van der Waals surface area contributed by atoms with Gasteiger partial charge in [0.2, 0.25) is 0 Å². The van der Waals surface area contributed by atoms with Gasteiger partial charge in [-0.2, -0.15) is 8.42 Å². The fourth-order valence-electron chi connectivity index (χ4n) is 11.0. The SMILES string of the molecule is CC(C)c1cccc(C(C)C)c1C1C(=O)c2ccc3c4ccc5c6ccc7c8c(ccc(c9ccc(c%10ccc(c2c3%10)C1=O)c4c59)c86)C(=O)N(c1ccc(S(=O)(=O)O)cc1)C7=O. The van der Waals surface area contributed by atoms with E-state index in [1.807, 2.05) is 42.5 Å². The van der Waals surface area contributed by atoms with Crippen molar-refractivity contribution in [3.05, 3.63) is 154 Å². The monoisotopic (exact) mass is 829 g/mol. The number of imide groups is 1. The van der Waals surface area contributed by atoms with Crippen molar-refractivity contribution in [3.63, 3.8) is 0 Å². The lowest BCUT2D eigenvalue weighted by Crippen LogP contribution is -2.40. The van der Waals surface area contributed by atoms with Gasteiger partial charge >= 0.3 is 0 Å². The van der Waals surface area contributed by atoms with Crippen molar-refractivity contribution >= 4 is 115 Å². The van der Waals surface area contributed by atoms with Gasteiger partial charge in [-0.15, -0.1) is 0 Å². The number of amides is 2. The smallest absolute Gasteiger partial charge is 0.293 e. The van der Waals surface area contributed by atoms with Gasteiger partial charge in [-0.25, -0.2) is 4.90 Å². The number of ketones is 2. The van der Waals surface area contributed by atoms with Crippen LogP contribution in [0.25, 0.3) is 75.4 Å². The third-order valence-corrected chi connectivity index (χ3v) is 14.5. The predicted octanol–water partition coefficient (Wildman–Crippen LogP) is 12.1. The first-order valence-corrected chi connectivity index (χ1v) is 22.2. The summed E-state index contributed by atoms with van der Waals surface area (Å²) in [6.45, 7) is 8.43. The maximum absolute atomic E-state index is 14.8. The van der Waals surface area contributed by atoms with Crippen LogP contribution in [0.2, 0.25) is 0 Å². The lowest BCUT2D eigenvalue weighted by molar-refractivity contribution is 0.0849. The topological polar surface area (TPSA) is 126 Å². The summed E-state index contributed by atoms with van der Waals surface area (Å²) in [6, 6.07) is 34.8. The molecule has 0 saturated heterocycles. The molecule has 0 atom stereocenters. The number of benzene rings is 10. The van der Waals surface area contributed by atoms with Crippen molar-refractivity contribution in [2.24, 2.45) is 0 Å². The Morgan fingerprint density at radius 2 is 0.790 bits per heavy atom. The molecule has 9 heteroatoms. The standard InChI is InChI=1S/C53H35NO7S/c1-24(2)28-6-5-7-29(25(3)4)42(28)49-50(55)38-20-16-34-30-12-14-32-36-18-22-40-48-41(53(58)54(52(40)57)26-8-10-27(11-9-26)62(59,60)61)23-19-37(46(36)48)33-15-13-31(43(30)44(32)33)35-17-21-39(51(49)56)47(38)45(34)35/h5-25,49H,1-4H3,(H,59,60,61). The average molecular weight is 830 g/mol. The number of hydrogen-bond donors (Lipinski definition) is 1. The summed E-state index contributed by atoms with van der Waals surface area (Å²) in [6.07, 6.45) is 0. The maximum atomic E-state index is 14.8. The summed E-state index contributed by atoms with van der Waals surface area (Å²) < 4.78 is 32.9. The Hall–Kier alpha value is -7.07. The lowest BCUT2D eigenvalue weighted by Gasteiger charge is -2.30. The highest BCUT2D eigenvalue weighted by Gasteiger charge is 2.41. The molecule has 0 aromatic heterocycles. The van der Waals surface area contributed by atoms with E-state index in [9.17, 15) is 32.1 Å². The highest BCUT2D eigenvalue weighted by atomic mass is 32.2. The minimum Gasteiger partial charge on any atom is -0.293 e. The second-order valence-corrected chi connectivity index (χ2v) is 18.9. The van der Waals surface area contributed by atoms with E-state index < -0.39 is 27.9 Å². The first-order valence-electron chi connectivity index (χ1n) is 20.7. The summed E-state index contributed by atoms with van der Waals surface area (Å²) in [5.74, 6) is -2.06. The Labute approximate surface area is 354 Å². The van der Waals surface area contributed by atoms with Crippen LogP contribution in [0, 0.1) is 0 Å². The maximum Gasteiger partial charge on any atom is 0.294 e. The van der Waals surface area contributed by atoms with E-state index in [2.05, 4.69) is 64.1 Å². The van der Waals surface area contributed by atoms with Crippen molar-refractivity contribution in [1.29, 1.82) is 0 Å². The molecule has 2 aliphatic rings. The van der Waals surface area contributed by atoms with E-state index in [1.165, 1.54) is 12.1 Å². The summed E-state index contributed by atoms with van der Waals surface area (Å²) in [5, 5.41) is 12.7. The fourth-order valence-corrected chi connectivity index (χ4v) is 11.5. The average Bonchev–Trinajstić information content (AvgIpc) is 3.26. The van der Waals surface area contributed by atoms with Crippen LogP contribution in [-0.2, 0) is 10.1 Å². The molecule has 0 radical (unpaired) electrons. The van der Waals surface area contributed by atoms with Crippen LogP contribution in [0.4, 0.5) is 5.69 Å². The molecular weight excluding hydrogens is 795 g/mol. The number of anilines is 1. The quantitative estimate of drug-likeness (QED) is 0.0602. The minimum atomic E-state index is -4.47. The van der Waals surface area contributed by atoms with Crippen molar-refractivity contribution in [2.75, 3.05) is 4.90 Å². The van der Waals surface area contributed by atoms with Crippen molar-refractivity contribution in [3.8, 4) is 0 Å². The molecule has 10 aromatic carbocycles. The molecule has 300 valence electrons. The van der Waals surface area contributed by atoms with E-state index >= 15 is 0 Å². The lowest BCUT2D eigenvalue weighted by atomic mass is 9.71. The summed E-state index contributed by atoms with van der Waals surface area (Å²) in [7, 11) is -4.47. The molecule has 0 unspecified atom stereocenters. The Kier molecular flexibility index (Phi) is 7.28. The number of nitrogens with zero attached hydrogens (tertiary/aromatic N) is 1. The molecule has 0 fully saturated rings. The number of fused-ring (bicyclic) bond motifs is 4. The Balaban J connectivity index is 1.07. The molecule has 2 amide bonds. The molecule has 8 nitrogen and oxygen atoms in total. The number of carbonyl (C=O) groups excluding carboxylic acids is 4. The van der Waals surface area contributed by atoms with E-state index in [4.69, 9.17) is 0 Å². The van der Waals surface area contributed by atoms with Crippen LogP contribution in [-0.4, -0.2) is 36.4 Å². The second kappa shape index (κ2) is 12.3. The van der Waals surface area contributed by atoms with Crippen LogP contribution < -0.4 is 4.90 Å². The second-order valence-electron chi connectivity index (χ2n) is 17.4. The van der Waals surface area contributed by atoms with Gasteiger partial charge in [-0.3, -0.25) is 23.7 Å². The van der Waals surface area contributed by atoms with Crippen LogP contribution in [0.5, 0.6) is 0 Å².